The van der Waals surface area contributed by atoms with Crippen molar-refractivity contribution in [3.63, 3.8) is 0 Å². The number of carbonyl (C=O) groups excluding carboxylic acids is 2. The Hall–Kier alpha value is -3.22. The Balaban J connectivity index is 1.74. The highest BCUT2D eigenvalue weighted by atomic mass is 16.6. The van der Waals surface area contributed by atoms with Crippen LogP contribution in [-0.4, -0.2) is 22.8 Å². The van der Waals surface area contributed by atoms with Gasteiger partial charge in [0.2, 0.25) is 5.78 Å². The third-order valence-electron chi connectivity index (χ3n) is 4.50. The SMILES string of the molecule is C[C@H](OC(=O)c1ccc(N)c([N+](=O)[O-])c1)C(=O)c1ccc2c(c1)CCC2. The van der Waals surface area contributed by atoms with Gasteiger partial charge in [-0.05, 0) is 55.5 Å². The highest BCUT2D eigenvalue weighted by Gasteiger charge is 2.23. The molecule has 0 heterocycles. The summed E-state index contributed by atoms with van der Waals surface area (Å²) in [5, 5.41) is 10.9. The fourth-order valence-corrected chi connectivity index (χ4v) is 3.07. The van der Waals surface area contributed by atoms with E-state index in [4.69, 9.17) is 10.5 Å². The summed E-state index contributed by atoms with van der Waals surface area (Å²) in [4.78, 5) is 35.0. The number of nitro groups is 1. The normalized spacial score (nSPS) is 13.7. The molecule has 0 radical (unpaired) electrons. The van der Waals surface area contributed by atoms with Crippen LogP contribution >= 0.6 is 0 Å². The minimum absolute atomic E-state index is 0.0282. The van der Waals surface area contributed by atoms with E-state index in [0.29, 0.717) is 5.56 Å². The molecular weight excluding hydrogens is 336 g/mol. The number of nitro benzene ring substituents is 1. The van der Waals surface area contributed by atoms with Crippen molar-refractivity contribution in [1.29, 1.82) is 0 Å². The van der Waals surface area contributed by atoms with Gasteiger partial charge in [-0.25, -0.2) is 4.79 Å². The van der Waals surface area contributed by atoms with Crippen molar-refractivity contribution in [2.24, 2.45) is 0 Å². The zero-order valence-electron chi connectivity index (χ0n) is 14.2. The van der Waals surface area contributed by atoms with Crippen LogP contribution in [0.15, 0.2) is 36.4 Å². The summed E-state index contributed by atoms with van der Waals surface area (Å²) in [6.07, 6.45) is 2.04. The molecular formula is C19H18N2O5. The number of ketones is 1. The second kappa shape index (κ2) is 6.95. The van der Waals surface area contributed by atoms with Crippen molar-refractivity contribution in [2.75, 3.05) is 5.73 Å². The van der Waals surface area contributed by atoms with Crippen molar-refractivity contribution < 1.29 is 19.2 Å². The fraction of sp³-hybridized carbons (Fsp3) is 0.263. The molecule has 0 aromatic heterocycles. The number of Topliss-reactive ketones (excluding diaryl/α,β-unsaturated/α-hetero) is 1. The summed E-state index contributed by atoms with van der Waals surface area (Å²) >= 11 is 0. The van der Waals surface area contributed by atoms with Crippen LogP contribution in [-0.2, 0) is 17.6 Å². The molecule has 1 aliphatic carbocycles. The molecule has 26 heavy (non-hydrogen) atoms. The Morgan fingerprint density at radius 3 is 2.54 bits per heavy atom. The minimum Gasteiger partial charge on any atom is -0.451 e. The molecule has 3 rings (SSSR count). The summed E-state index contributed by atoms with van der Waals surface area (Å²) in [5.41, 5.74) is 7.96. The number of anilines is 1. The number of fused-ring (bicyclic) bond motifs is 1. The average molecular weight is 354 g/mol. The van der Waals surface area contributed by atoms with Gasteiger partial charge in [0.1, 0.15) is 5.69 Å². The predicted octanol–water partition coefficient (Wildman–Crippen LogP) is 3.09. The average Bonchev–Trinajstić information content (AvgIpc) is 3.08. The van der Waals surface area contributed by atoms with Crippen LogP contribution in [0, 0.1) is 10.1 Å². The second-order valence-electron chi connectivity index (χ2n) is 6.28. The lowest BCUT2D eigenvalue weighted by Crippen LogP contribution is -2.24. The van der Waals surface area contributed by atoms with Crippen LogP contribution in [0.5, 0.6) is 0 Å². The largest absolute Gasteiger partial charge is 0.451 e. The Morgan fingerprint density at radius 1 is 1.12 bits per heavy atom. The third-order valence-corrected chi connectivity index (χ3v) is 4.50. The lowest BCUT2D eigenvalue weighted by molar-refractivity contribution is -0.383. The third kappa shape index (κ3) is 3.42. The van der Waals surface area contributed by atoms with Gasteiger partial charge in [-0.1, -0.05) is 12.1 Å². The molecule has 0 bridgehead atoms. The first-order chi connectivity index (χ1) is 12.4. The van der Waals surface area contributed by atoms with Crippen LogP contribution in [0.1, 0.15) is 45.2 Å². The fourth-order valence-electron chi connectivity index (χ4n) is 3.07. The van der Waals surface area contributed by atoms with E-state index in [-0.39, 0.29) is 22.7 Å². The molecule has 7 heteroatoms. The van der Waals surface area contributed by atoms with E-state index in [1.807, 2.05) is 12.1 Å². The summed E-state index contributed by atoms with van der Waals surface area (Å²) in [5.74, 6) is -1.12. The number of hydrogen-bond donors (Lipinski definition) is 1. The monoisotopic (exact) mass is 354 g/mol. The quantitative estimate of drug-likeness (QED) is 0.290. The van der Waals surface area contributed by atoms with Gasteiger partial charge in [-0.15, -0.1) is 0 Å². The lowest BCUT2D eigenvalue weighted by atomic mass is 10.0. The Bertz CT molecular complexity index is 907. The molecule has 134 valence electrons. The van der Waals surface area contributed by atoms with Gasteiger partial charge in [0.15, 0.2) is 6.10 Å². The molecule has 1 atom stereocenters. The van der Waals surface area contributed by atoms with Gasteiger partial charge in [0, 0.05) is 11.6 Å². The summed E-state index contributed by atoms with van der Waals surface area (Å²) in [6, 6.07) is 9.17. The number of benzene rings is 2. The van der Waals surface area contributed by atoms with Crippen LogP contribution in [0.25, 0.3) is 0 Å². The van der Waals surface area contributed by atoms with E-state index >= 15 is 0 Å². The zero-order valence-corrected chi connectivity index (χ0v) is 14.2. The van der Waals surface area contributed by atoms with Crippen LogP contribution < -0.4 is 5.73 Å². The highest BCUT2D eigenvalue weighted by Crippen LogP contribution is 2.25. The first-order valence-corrected chi connectivity index (χ1v) is 8.27. The zero-order chi connectivity index (χ0) is 18.8. The topological polar surface area (TPSA) is 113 Å². The molecule has 2 aromatic carbocycles. The van der Waals surface area contributed by atoms with Crippen molar-refractivity contribution in [3.05, 3.63) is 68.8 Å². The summed E-state index contributed by atoms with van der Waals surface area (Å²) < 4.78 is 5.19. The van der Waals surface area contributed by atoms with E-state index in [9.17, 15) is 19.7 Å². The van der Waals surface area contributed by atoms with E-state index < -0.39 is 17.0 Å². The molecule has 0 spiro atoms. The van der Waals surface area contributed by atoms with Gasteiger partial charge in [0.05, 0.1) is 10.5 Å². The Morgan fingerprint density at radius 2 is 1.81 bits per heavy atom. The first-order valence-electron chi connectivity index (χ1n) is 8.27. The summed E-state index contributed by atoms with van der Waals surface area (Å²) in [7, 11) is 0. The molecule has 7 nitrogen and oxygen atoms in total. The number of esters is 1. The maximum absolute atomic E-state index is 12.5. The second-order valence-corrected chi connectivity index (χ2v) is 6.28. The number of rotatable bonds is 5. The van der Waals surface area contributed by atoms with E-state index in [2.05, 4.69) is 0 Å². The Labute approximate surface area is 149 Å². The Kier molecular flexibility index (Phi) is 4.71. The molecule has 0 unspecified atom stereocenters. The molecule has 0 saturated heterocycles. The standard InChI is InChI=1S/C19H18N2O5/c1-11(18(22)14-6-5-12-3-2-4-13(12)9-14)26-19(23)15-7-8-16(20)17(10-15)21(24)25/h5-11H,2-4,20H2,1H3/t11-/m0/s1. The van der Waals surface area contributed by atoms with Crippen LogP contribution in [0.4, 0.5) is 11.4 Å². The molecule has 1 aliphatic rings. The maximum Gasteiger partial charge on any atom is 0.339 e. The predicted molar refractivity (Wildman–Crippen MR) is 95.2 cm³/mol. The van der Waals surface area contributed by atoms with E-state index in [1.165, 1.54) is 24.6 Å². The highest BCUT2D eigenvalue weighted by molar-refractivity contribution is 6.01. The van der Waals surface area contributed by atoms with Crippen LogP contribution in [0.3, 0.4) is 0 Å². The van der Waals surface area contributed by atoms with Crippen molar-refractivity contribution in [3.8, 4) is 0 Å². The van der Waals surface area contributed by atoms with Gasteiger partial charge < -0.3 is 10.5 Å². The van der Waals surface area contributed by atoms with Gasteiger partial charge >= 0.3 is 5.97 Å². The molecule has 2 N–H and O–H groups in total. The summed E-state index contributed by atoms with van der Waals surface area (Å²) in [6.45, 7) is 1.49. The van der Waals surface area contributed by atoms with Crippen molar-refractivity contribution in [2.45, 2.75) is 32.3 Å². The smallest absolute Gasteiger partial charge is 0.339 e. The van der Waals surface area contributed by atoms with E-state index in [0.717, 1.165) is 30.9 Å². The number of nitrogens with two attached hydrogens (primary N) is 1. The molecule has 0 fully saturated rings. The van der Waals surface area contributed by atoms with E-state index in [1.54, 1.807) is 6.07 Å². The molecule has 0 aliphatic heterocycles. The first kappa shape index (κ1) is 17.6. The maximum atomic E-state index is 12.5. The van der Waals surface area contributed by atoms with Crippen molar-refractivity contribution >= 4 is 23.1 Å². The molecule has 2 aromatic rings. The number of hydrogen-bond acceptors (Lipinski definition) is 6. The van der Waals surface area contributed by atoms with Gasteiger partial charge in [-0.2, -0.15) is 0 Å². The van der Waals surface area contributed by atoms with Gasteiger partial charge in [0.25, 0.3) is 5.69 Å². The minimum atomic E-state index is -1.00. The number of ether oxygens (including phenoxy) is 1. The van der Waals surface area contributed by atoms with Crippen LogP contribution in [0.2, 0.25) is 0 Å². The number of nitrogens with zero attached hydrogens (tertiary/aromatic N) is 1. The van der Waals surface area contributed by atoms with Crippen molar-refractivity contribution in [1.82, 2.24) is 0 Å². The lowest BCUT2D eigenvalue weighted by Gasteiger charge is -2.13. The number of carbonyl (C=O) groups is 2. The molecule has 0 saturated carbocycles. The van der Waals surface area contributed by atoms with Gasteiger partial charge in [-0.3, -0.25) is 14.9 Å². The number of nitrogen functional groups attached to an aromatic ring is 1. The number of aryl methyl sites for hydroxylation is 2. The molecule has 0 amide bonds.